The van der Waals surface area contributed by atoms with Crippen molar-refractivity contribution in [3.63, 3.8) is 0 Å². The summed E-state index contributed by atoms with van der Waals surface area (Å²) in [6.07, 6.45) is 0.301. The van der Waals surface area contributed by atoms with E-state index in [1.165, 1.54) is 11.3 Å². The number of allylic oxidation sites excluding steroid dienone is 1. The van der Waals surface area contributed by atoms with Gasteiger partial charge in [0.2, 0.25) is 5.78 Å². The topological polar surface area (TPSA) is 165 Å². The molecule has 4 unspecified atom stereocenters. The van der Waals surface area contributed by atoms with Crippen molar-refractivity contribution < 1.29 is 34.8 Å². The number of primary amides is 1. The molecule has 0 saturated heterocycles. The van der Waals surface area contributed by atoms with E-state index in [9.17, 15) is 34.8 Å². The molecular weight excluding hydrogens is 546 g/mol. The molecule has 10 nitrogen and oxygen atoms in total. The largest absolute Gasteiger partial charge is 0.510 e. The first-order valence-corrected chi connectivity index (χ1v) is 14.6. The van der Waals surface area contributed by atoms with E-state index in [-0.39, 0.29) is 29.7 Å². The number of aromatic hydroxyl groups is 1. The molecule has 218 valence electrons. The van der Waals surface area contributed by atoms with Crippen LogP contribution in [0.3, 0.4) is 0 Å². The fourth-order valence-corrected chi connectivity index (χ4v) is 7.51. The number of carbonyl (C=O) groups excluding carboxylic acids is 3. The highest BCUT2D eigenvalue weighted by Crippen LogP contribution is 2.53. The maximum absolute atomic E-state index is 14.2. The third kappa shape index (κ3) is 4.21. The average Bonchev–Trinajstić information content (AvgIpc) is 3.45. The van der Waals surface area contributed by atoms with Crippen molar-refractivity contribution in [2.45, 2.75) is 44.9 Å². The van der Waals surface area contributed by atoms with Crippen molar-refractivity contribution in [3.05, 3.63) is 62.2 Å². The predicted molar refractivity (Wildman–Crippen MR) is 154 cm³/mol. The van der Waals surface area contributed by atoms with Crippen molar-refractivity contribution in [1.29, 1.82) is 0 Å². The summed E-state index contributed by atoms with van der Waals surface area (Å²) in [6, 6.07) is 2.83. The second kappa shape index (κ2) is 10.4. The highest BCUT2D eigenvalue weighted by atomic mass is 32.1. The minimum Gasteiger partial charge on any atom is -0.510 e. The van der Waals surface area contributed by atoms with Crippen molar-refractivity contribution in [3.8, 4) is 16.9 Å². The summed E-state index contributed by atoms with van der Waals surface area (Å²) < 4.78 is 0. The fraction of sp³-hybridized carbons (Fsp3) is 0.433. The van der Waals surface area contributed by atoms with E-state index >= 15 is 0 Å². The van der Waals surface area contributed by atoms with Crippen LogP contribution >= 0.6 is 11.3 Å². The van der Waals surface area contributed by atoms with Crippen LogP contribution in [0, 0.1) is 11.8 Å². The Kier molecular flexibility index (Phi) is 7.35. The number of hydrogen-bond acceptors (Lipinski definition) is 10. The number of nitrogens with two attached hydrogens (primary N) is 1. The number of hydrogen-bond donors (Lipinski definition) is 5. The molecule has 1 heterocycles. The van der Waals surface area contributed by atoms with Gasteiger partial charge in [-0.3, -0.25) is 24.2 Å². The van der Waals surface area contributed by atoms with Gasteiger partial charge in [-0.1, -0.05) is 13.8 Å². The Labute approximate surface area is 242 Å². The van der Waals surface area contributed by atoms with Crippen LogP contribution in [0.1, 0.15) is 41.8 Å². The lowest BCUT2D eigenvalue weighted by Crippen LogP contribution is -2.63. The molecular formula is C30H35N3O7S. The van der Waals surface area contributed by atoms with Gasteiger partial charge in [-0.25, -0.2) is 0 Å². The van der Waals surface area contributed by atoms with Crippen LogP contribution < -0.4 is 5.73 Å². The van der Waals surface area contributed by atoms with Gasteiger partial charge in [0.05, 0.1) is 11.6 Å². The van der Waals surface area contributed by atoms with Gasteiger partial charge in [0, 0.05) is 23.6 Å². The molecule has 3 aliphatic carbocycles. The molecule has 0 saturated carbocycles. The minimum atomic E-state index is -2.66. The second-order valence-corrected chi connectivity index (χ2v) is 12.0. The third-order valence-electron chi connectivity index (χ3n) is 8.92. The van der Waals surface area contributed by atoms with Gasteiger partial charge in [0.25, 0.3) is 5.91 Å². The fourth-order valence-electron chi connectivity index (χ4n) is 6.86. The van der Waals surface area contributed by atoms with Crippen LogP contribution in [-0.4, -0.2) is 86.5 Å². The molecule has 4 atom stereocenters. The van der Waals surface area contributed by atoms with E-state index in [4.69, 9.17) is 5.73 Å². The summed E-state index contributed by atoms with van der Waals surface area (Å²) in [5.74, 6) is -6.48. The van der Waals surface area contributed by atoms with Gasteiger partial charge < -0.3 is 26.2 Å². The number of rotatable bonds is 7. The Morgan fingerprint density at radius 1 is 1.17 bits per heavy atom. The van der Waals surface area contributed by atoms with Crippen LogP contribution in [0.2, 0.25) is 0 Å². The van der Waals surface area contributed by atoms with Crippen LogP contribution in [0.15, 0.2) is 45.6 Å². The van der Waals surface area contributed by atoms with Crippen molar-refractivity contribution >= 4 is 28.8 Å². The van der Waals surface area contributed by atoms with Crippen molar-refractivity contribution in [2.24, 2.45) is 17.6 Å². The number of fused-ring (bicyclic) bond motifs is 3. The Morgan fingerprint density at radius 2 is 1.85 bits per heavy atom. The van der Waals surface area contributed by atoms with Gasteiger partial charge in [-0.15, -0.1) is 0 Å². The van der Waals surface area contributed by atoms with Gasteiger partial charge in [-0.05, 0) is 85.5 Å². The number of aliphatic hydroxyl groups excluding tert-OH is 2. The molecule has 0 aliphatic heterocycles. The highest BCUT2D eigenvalue weighted by Gasteiger charge is 2.63. The first-order valence-electron chi connectivity index (χ1n) is 13.7. The number of thiophene rings is 1. The molecule has 5 rings (SSSR count). The van der Waals surface area contributed by atoms with E-state index < -0.39 is 58.0 Å². The number of aliphatic hydroxyl groups is 3. The second-order valence-electron chi connectivity index (χ2n) is 11.2. The highest BCUT2D eigenvalue weighted by molar-refractivity contribution is 7.08. The lowest BCUT2D eigenvalue weighted by molar-refractivity contribution is -0.148. The standard InChI is InChI=1S/C30H35N3O7S/c1-5-33(6-2)12-16-10-17(14-7-8-41-13-14)18-9-15-11-19-23(32(3)4)26(36)22(29(31)39)28(38)30(19,40)27(37)20(15)25(35)21(18)24(16)34/h7-8,10,13,15,19,23,34,36-37,40H,5-6,9,11-12H2,1-4H3,(H2,31,39). The normalized spacial score (nSPS) is 26.0. The monoisotopic (exact) mass is 581 g/mol. The quantitative estimate of drug-likeness (QED) is 0.309. The minimum absolute atomic E-state index is 0.0386. The van der Waals surface area contributed by atoms with E-state index in [0.29, 0.717) is 17.7 Å². The summed E-state index contributed by atoms with van der Waals surface area (Å²) in [7, 11) is 3.22. The van der Waals surface area contributed by atoms with Gasteiger partial charge in [-0.2, -0.15) is 11.3 Å². The van der Waals surface area contributed by atoms with Gasteiger partial charge in [0.15, 0.2) is 11.4 Å². The summed E-state index contributed by atoms with van der Waals surface area (Å²) in [5, 5.41) is 49.7. The molecule has 1 aromatic heterocycles. The van der Waals surface area contributed by atoms with Crippen LogP contribution in [-0.2, 0) is 22.6 Å². The number of amides is 1. The molecule has 1 aromatic carbocycles. The predicted octanol–water partition coefficient (Wildman–Crippen LogP) is 2.69. The number of phenolic OH excluding ortho intramolecular Hbond substituents is 1. The van der Waals surface area contributed by atoms with Crippen LogP contribution in [0.25, 0.3) is 11.1 Å². The molecule has 0 fully saturated rings. The smallest absolute Gasteiger partial charge is 0.255 e. The lowest BCUT2D eigenvalue weighted by Gasteiger charge is -2.50. The van der Waals surface area contributed by atoms with E-state index in [2.05, 4.69) is 4.90 Å². The number of Topliss-reactive ketones (excluding diaryl/α,β-unsaturated/α-hetero) is 2. The number of likely N-dealkylation sites (N-methyl/N-ethyl adjacent to an activating group) is 1. The zero-order valence-electron chi connectivity index (χ0n) is 23.5. The summed E-state index contributed by atoms with van der Waals surface area (Å²) in [4.78, 5) is 43.6. The first kappa shape index (κ1) is 29.0. The number of ketones is 2. The summed E-state index contributed by atoms with van der Waals surface area (Å²) in [5.41, 5.74) is 4.70. The molecule has 0 spiro atoms. The number of phenols is 1. The molecule has 41 heavy (non-hydrogen) atoms. The molecule has 6 N–H and O–H groups in total. The molecule has 2 aromatic rings. The Hall–Kier alpha value is -3.51. The van der Waals surface area contributed by atoms with E-state index in [1.807, 2.05) is 36.7 Å². The Bertz CT molecular complexity index is 1510. The molecule has 3 aliphatic rings. The summed E-state index contributed by atoms with van der Waals surface area (Å²) in [6.45, 7) is 5.87. The third-order valence-corrected chi connectivity index (χ3v) is 9.61. The number of benzene rings is 1. The maximum Gasteiger partial charge on any atom is 0.255 e. The number of carbonyl (C=O) groups is 3. The number of nitrogens with zero attached hydrogens (tertiary/aromatic N) is 2. The Balaban J connectivity index is 1.74. The molecule has 11 heteroatoms. The van der Waals surface area contributed by atoms with E-state index in [0.717, 1.165) is 24.2 Å². The van der Waals surface area contributed by atoms with Crippen LogP contribution in [0.5, 0.6) is 5.75 Å². The van der Waals surface area contributed by atoms with Crippen molar-refractivity contribution in [1.82, 2.24) is 9.80 Å². The SMILES string of the molecule is CCN(CC)Cc1cc(-c2ccsc2)c2c(c1O)C(=O)C1=C(O)C3(O)C(=O)C(C(N)=O)=C(O)C(N(C)C)C3CC1C2. The van der Waals surface area contributed by atoms with Crippen LogP contribution in [0.4, 0.5) is 0 Å². The maximum atomic E-state index is 14.2. The molecule has 0 radical (unpaired) electrons. The lowest BCUT2D eigenvalue weighted by atomic mass is 9.58. The first-order chi connectivity index (χ1) is 19.4. The van der Waals surface area contributed by atoms with Gasteiger partial charge >= 0.3 is 0 Å². The summed E-state index contributed by atoms with van der Waals surface area (Å²) >= 11 is 1.51. The molecule has 1 amide bonds. The van der Waals surface area contributed by atoms with E-state index in [1.54, 1.807) is 19.0 Å². The zero-order valence-corrected chi connectivity index (χ0v) is 24.3. The van der Waals surface area contributed by atoms with Gasteiger partial charge in [0.1, 0.15) is 22.8 Å². The Morgan fingerprint density at radius 3 is 2.41 bits per heavy atom. The van der Waals surface area contributed by atoms with Crippen molar-refractivity contribution in [2.75, 3.05) is 27.2 Å². The molecule has 0 bridgehead atoms. The average molecular weight is 582 g/mol. The zero-order chi connectivity index (χ0) is 30.0.